The molecule has 27 heavy (non-hydrogen) atoms. The van der Waals surface area contributed by atoms with E-state index >= 15 is 0 Å². The molecule has 0 heterocycles. The van der Waals surface area contributed by atoms with Crippen LogP contribution in [0.25, 0.3) is 0 Å². The summed E-state index contributed by atoms with van der Waals surface area (Å²) in [5.41, 5.74) is 3.43. The first-order valence-electron chi connectivity index (χ1n) is 8.76. The maximum atomic E-state index is 12.7. The molecule has 3 rings (SSSR count). The second kappa shape index (κ2) is 8.81. The topological polar surface area (TPSA) is 55.4 Å². The van der Waals surface area contributed by atoms with Gasteiger partial charge in [0.15, 0.2) is 6.61 Å². The van der Waals surface area contributed by atoms with Gasteiger partial charge in [-0.1, -0.05) is 78.4 Å². The fraction of sp³-hybridized carbons (Fsp3) is 0.130. The van der Waals surface area contributed by atoms with Crippen molar-refractivity contribution in [3.8, 4) is 0 Å². The third-order valence-corrected chi connectivity index (χ3v) is 4.18. The van der Waals surface area contributed by atoms with E-state index in [9.17, 15) is 9.59 Å². The normalized spacial score (nSPS) is 10.4. The second-order valence-corrected chi connectivity index (χ2v) is 6.28. The summed E-state index contributed by atoms with van der Waals surface area (Å²) >= 11 is 0. The maximum absolute atomic E-state index is 12.7. The Morgan fingerprint density at radius 3 is 1.85 bits per heavy atom. The van der Waals surface area contributed by atoms with E-state index in [2.05, 4.69) is 5.32 Å². The molecule has 0 saturated carbocycles. The first-order chi connectivity index (χ1) is 13.1. The summed E-state index contributed by atoms with van der Waals surface area (Å²) < 4.78 is 5.32. The average Bonchev–Trinajstić information content (AvgIpc) is 2.70. The Hall–Kier alpha value is -3.40. The van der Waals surface area contributed by atoms with Crippen LogP contribution in [0.4, 0.5) is 5.69 Å². The Morgan fingerprint density at radius 1 is 0.815 bits per heavy atom. The molecule has 0 unspecified atom stereocenters. The number of benzene rings is 3. The van der Waals surface area contributed by atoms with Crippen LogP contribution in [0.2, 0.25) is 0 Å². The molecule has 1 amide bonds. The molecule has 0 fully saturated rings. The third-order valence-electron chi connectivity index (χ3n) is 4.18. The highest BCUT2D eigenvalue weighted by Gasteiger charge is 2.24. The van der Waals surface area contributed by atoms with Crippen LogP contribution in [0.3, 0.4) is 0 Å². The lowest BCUT2D eigenvalue weighted by Crippen LogP contribution is -2.24. The number of esters is 1. The van der Waals surface area contributed by atoms with E-state index in [0.29, 0.717) is 5.69 Å². The molecule has 0 aliphatic heterocycles. The minimum Gasteiger partial charge on any atom is -0.455 e. The number of amides is 1. The quantitative estimate of drug-likeness (QED) is 0.667. The van der Waals surface area contributed by atoms with Crippen LogP contribution < -0.4 is 5.32 Å². The van der Waals surface area contributed by atoms with Crippen molar-refractivity contribution in [1.29, 1.82) is 0 Å². The van der Waals surface area contributed by atoms with Crippen LogP contribution in [0.5, 0.6) is 0 Å². The molecule has 0 radical (unpaired) electrons. The molecule has 0 atom stereocenters. The number of anilines is 1. The summed E-state index contributed by atoms with van der Waals surface area (Å²) in [7, 11) is 0. The Morgan fingerprint density at radius 2 is 1.33 bits per heavy atom. The van der Waals surface area contributed by atoms with Crippen molar-refractivity contribution in [3.63, 3.8) is 0 Å². The van der Waals surface area contributed by atoms with E-state index in [-0.39, 0.29) is 12.5 Å². The lowest BCUT2D eigenvalue weighted by molar-refractivity contribution is -0.147. The minimum absolute atomic E-state index is 0.330. The summed E-state index contributed by atoms with van der Waals surface area (Å²) in [5, 5.41) is 2.73. The molecule has 4 nitrogen and oxygen atoms in total. The first kappa shape index (κ1) is 18.4. The monoisotopic (exact) mass is 359 g/mol. The largest absolute Gasteiger partial charge is 0.455 e. The molecule has 0 spiro atoms. The Labute approximate surface area is 158 Å². The van der Waals surface area contributed by atoms with E-state index in [1.54, 1.807) is 0 Å². The van der Waals surface area contributed by atoms with Crippen molar-refractivity contribution >= 4 is 17.6 Å². The van der Waals surface area contributed by atoms with Crippen molar-refractivity contribution < 1.29 is 14.3 Å². The van der Waals surface area contributed by atoms with Crippen LogP contribution in [0.15, 0.2) is 84.9 Å². The lowest BCUT2D eigenvalue weighted by atomic mass is 9.91. The number of hydrogen-bond acceptors (Lipinski definition) is 3. The van der Waals surface area contributed by atoms with Crippen LogP contribution in [0, 0.1) is 6.92 Å². The smallest absolute Gasteiger partial charge is 0.318 e. The second-order valence-electron chi connectivity index (χ2n) is 6.28. The minimum atomic E-state index is -0.570. The van der Waals surface area contributed by atoms with Crippen molar-refractivity contribution in [3.05, 3.63) is 102 Å². The number of aryl methyl sites for hydroxylation is 1. The number of carbonyl (C=O) groups is 2. The maximum Gasteiger partial charge on any atom is 0.318 e. The molecule has 0 aliphatic rings. The molecular weight excluding hydrogens is 338 g/mol. The van der Waals surface area contributed by atoms with Gasteiger partial charge in [0, 0.05) is 5.69 Å². The zero-order valence-electron chi connectivity index (χ0n) is 15.1. The number of ether oxygens (including phenoxy) is 1. The number of rotatable bonds is 6. The Bertz CT molecular complexity index is 850. The number of nitrogens with one attached hydrogen (secondary N) is 1. The SMILES string of the molecule is Cc1ccc(NC(=O)COC(=O)C(c2ccccc2)c2ccccc2)cc1. The van der Waals surface area contributed by atoms with Gasteiger partial charge in [0.1, 0.15) is 5.92 Å². The van der Waals surface area contributed by atoms with Crippen LogP contribution in [-0.2, 0) is 14.3 Å². The van der Waals surface area contributed by atoms with Crippen LogP contribution in [0.1, 0.15) is 22.6 Å². The van der Waals surface area contributed by atoms with Gasteiger partial charge in [-0.3, -0.25) is 9.59 Å². The average molecular weight is 359 g/mol. The summed E-state index contributed by atoms with van der Waals surface area (Å²) in [5.74, 6) is -1.39. The van der Waals surface area contributed by atoms with Gasteiger partial charge in [0.05, 0.1) is 0 Å². The molecule has 136 valence electrons. The zero-order valence-corrected chi connectivity index (χ0v) is 15.1. The van der Waals surface area contributed by atoms with Crippen molar-refractivity contribution in [2.24, 2.45) is 0 Å². The van der Waals surface area contributed by atoms with E-state index in [0.717, 1.165) is 16.7 Å². The molecular formula is C23H21NO3. The molecule has 0 saturated heterocycles. The van der Waals surface area contributed by atoms with Gasteiger partial charge in [-0.25, -0.2) is 0 Å². The van der Waals surface area contributed by atoms with Crippen molar-refractivity contribution in [1.82, 2.24) is 0 Å². The fourth-order valence-electron chi connectivity index (χ4n) is 2.81. The van der Waals surface area contributed by atoms with Gasteiger partial charge in [0.25, 0.3) is 5.91 Å². The van der Waals surface area contributed by atoms with Gasteiger partial charge < -0.3 is 10.1 Å². The Kier molecular flexibility index (Phi) is 6.00. The fourth-order valence-corrected chi connectivity index (χ4v) is 2.81. The van der Waals surface area contributed by atoms with Gasteiger partial charge in [-0.15, -0.1) is 0 Å². The summed E-state index contributed by atoms with van der Waals surface area (Å²) in [6.45, 7) is 1.64. The van der Waals surface area contributed by atoms with Crippen LogP contribution >= 0.6 is 0 Å². The van der Waals surface area contributed by atoms with Crippen molar-refractivity contribution in [2.45, 2.75) is 12.8 Å². The summed E-state index contributed by atoms with van der Waals surface area (Å²) in [6, 6.07) is 26.3. The zero-order chi connectivity index (χ0) is 19.1. The number of hydrogen-bond donors (Lipinski definition) is 1. The molecule has 0 aliphatic carbocycles. The molecule has 4 heteroatoms. The van der Waals surface area contributed by atoms with E-state index in [4.69, 9.17) is 4.74 Å². The highest BCUT2D eigenvalue weighted by Crippen LogP contribution is 2.25. The van der Waals surface area contributed by atoms with Gasteiger partial charge in [-0.05, 0) is 30.2 Å². The predicted octanol–water partition coefficient (Wildman–Crippen LogP) is 4.31. The lowest BCUT2D eigenvalue weighted by Gasteiger charge is -2.17. The van der Waals surface area contributed by atoms with Gasteiger partial charge >= 0.3 is 5.97 Å². The molecule has 0 bridgehead atoms. The molecule has 0 aromatic heterocycles. The van der Waals surface area contributed by atoms with Crippen LogP contribution in [-0.4, -0.2) is 18.5 Å². The van der Waals surface area contributed by atoms with E-state index < -0.39 is 11.9 Å². The predicted molar refractivity (Wildman–Crippen MR) is 105 cm³/mol. The standard InChI is InChI=1S/C23H21NO3/c1-17-12-14-20(15-13-17)24-21(25)16-27-23(26)22(18-8-4-2-5-9-18)19-10-6-3-7-11-19/h2-15,22H,16H2,1H3,(H,24,25). The van der Waals surface area contributed by atoms with Gasteiger partial charge in [0.2, 0.25) is 0 Å². The molecule has 3 aromatic rings. The summed E-state index contributed by atoms with van der Waals surface area (Å²) in [4.78, 5) is 24.9. The first-order valence-corrected chi connectivity index (χ1v) is 8.76. The van der Waals surface area contributed by atoms with E-state index in [1.165, 1.54) is 0 Å². The molecule has 3 aromatic carbocycles. The number of carbonyl (C=O) groups excluding carboxylic acids is 2. The molecule has 1 N–H and O–H groups in total. The highest BCUT2D eigenvalue weighted by atomic mass is 16.5. The summed E-state index contributed by atoms with van der Waals surface area (Å²) in [6.07, 6.45) is 0. The Balaban J connectivity index is 1.68. The van der Waals surface area contributed by atoms with Crippen molar-refractivity contribution in [2.75, 3.05) is 11.9 Å². The van der Waals surface area contributed by atoms with Gasteiger partial charge in [-0.2, -0.15) is 0 Å². The third kappa shape index (κ3) is 5.05. The van der Waals surface area contributed by atoms with E-state index in [1.807, 2.05) is 91.9 Å². The highest BCUT2D eigenvalue weighted by molar-refractivity contribution is 5.93.